The molecule has 1 aromatic carbocycles. The first-order valence-corrected chi connectivity index (χ1v) is 8.37. The molecule has 0 aromatic heterocycles. The summed E-state index contributed by atoms with van der Waals surface area (Å²) in [6, 6.07) is 10.0. The van der Waals surface area contributed by atoms with Gasteiger partial charge in [-0.15, -0.1) is 0 Å². The number of rotatable bonds is 7. The zero-order valence-electron chi connectivity index (χ0n) is 15.0. The highest BCUT2D eigenvalue weighted by Gasteiger charge is 2.24. The van der Waals surface area contributed by atoms with Gasteiger partial charge in [-0.2, -0.15) is 0 Å². The first kappa shape index (κ1) is 18.0. The molecule has 0 radical (unpaired) electrons. The second-order valence-corrected chi connectivity index (χ2v) is 7.16. The van der Waals surface area contributed by atoms with Gasteiger partial charge in [0.1, 0.15) is 0 Å². The highest BCUT2D eigenvalue weighted by atomic mass is 15.1. The molecule has 1 N–H and O–H groups in total. The molecule has 21 heavy (non-hydrogen) atoms. The minimum atomic E-state index is 0.280. The van der Waals surface area contributed by atoms with Gasteiger partial charge < -0.3 is 10.2 Å². The molecule has 1 rings (SSSR count). The lowest BCUT2D eigenvalue weighted by atomic mass is 9.87. The Hall–Kier alpha value is -1.02. The van der Waals surface area contributed by atoms with Crippen molar-refractivity contribution in [1.82, 2.24) is 5.32 Å². The van der Waals surface area contributed by atoms with E-state index in [1.54, 1.807) is 0 Å². The quantitative estimate of drug-likeness (QED) is 0.759. The monoisotopic (exact) mass is 290 g/mol. The van der Waals surface area contributed by atoms with E-state index in [2.05, 4.69) is 83.1 Å². The van der Waals surface area contributed by atoms with E-state index in [0.29, 0.717) is 12.1 Å². The van der Waals surface area contributed by atoms with Crippen molar-refractivity contribution in [1.29, 1.82) is 0 Å². The molecule has 0 aliphatic heterocycles. The summed E-state index contributed by atoms with van der Waals surface area (Å²) in [4.78, 5) is 2.38. The largest absolute Gasteiger partial charge is 0.371 e. The third-order valence-electron chi connectivity index (χ3n) is 4.59. The molecular weight excluding hydrogens is 256 g/mol. The van der Waals surface area contributed by atoms with Crippen molar-refractivity contribution >= 4 is 5.69 Å². The lowest BCUT2D eigenvalue weighted by Gasteiger charge is -2.37. The predicted molar refractivity (Wildman–Crippen MR) is 95.1 cm³/mol. The van der Waals surface area contributed by atoms with Crippen molar-refractivity contribution in [2.45, 2.75) is 66.5 Å². The van der Waals surface area contributed by atoms with E-state index in [-0.39, 0.29) is 5.41 Å². The maximum absolute atomic E-state index is 3.62. The summed E-state index contributed by atoms with van der Waals surface area (Å²) in [6.45, 7) is 14.7. The Labute approximate surface area is 131 Å². The Morgan fingerprint density at radius 1 is 1.10 bits per heavy atom. The van der Waals surface area contributed by atoms with Gasteiger partial charge in [-0.3, -0.25) is 0 Å². The topological polar surface area (TPSA) is 15.3 Å². The Morgan fingerprint density at radius 2 is 1.67 bits per heavy atom. The molecule has 0 amide bonds. The van der Waals surface area contributed by atoms with Crippen LogP contribution in [0.4, 0.5) is 5.69 Å². The molecule has 2 unspecified atom stereocenters. The van der Waals surface area contributed by atoms with Gasteiger partial charge in [0, 0.05) is 24.8 Å². The first-order valence-electron chi connectivity index (χ1n) is 8.37. The third kappa shape index (κ3) is 5.03. The highest BCUT2D eigenvalue weighted by Crippen LogP contribution is 2.28. The van der Waals surface area contributed by atoms with Crippen LogP contribution in [0.15, 0.2) is 24.3 Å². The van der Waals surface area contributed by atoms with E-state index in [4.69, 9.17) is 0 Å². The summed E-state index contributed by atoms with van der Waals surface area (Å²) < 4.78 is 0. The minimum absolute atomic E-state index is 0.280. The fourth-order valence-electron chi connectivity index (χ4n) is 2.56. The number of benzene rings is 1. The van der Waals surface area contributed by atoms with E-state index in [1.807, 2.05) is 0 Å². The van der Waals surface area contributed by atoms with Gasteiger partial charge in [-0.05, 0) is 49.4 Å². The third-order valence-corrected chi connectivity index (χ3v) is 4.59. The first-order chi connectivity index (χ1) is 9.81. The van der Waals surface area contributed by atoms with Crippen molar-refractivity contribution in [2.24, 2.45) is 5.41 Å². The number of hydrogen-bond donors (Lipinski definition) is 1. The minimum Gasteiger partial charge on any atom is -0.371 e. The van der Waals surface area contributed by atoms with Gasteiger partial charge in [0.25, 0.3) is 0 Å². The number of anilines is 1. The van der Waals surface area contributed by atoms with Crippen molar-refractivity contribution in [3.05, 3.63) is 29.8 Å². The molecule has 0 aliphatic carbocycles. The molecule has 0 bridgehead atoms. The van der Waals surface area contributed by atoms with Crippen LogP contribution < -0.4 is 10.2 Å². The Bertz CT molecular complexity index is 403. The number of nitrogens with zero attached hydrogens (tertiary/aromatic N) is 1. The van der Waals surface area contributed by atoms with E-state index >= 15 is 0 Å². The molecule has 120 valence electrons. The lowest BCUT2D eigenvalue weighted by molar-refractivity contribution is 0.330. The fourth-order valence-corrected chi connectivity index (χ4v) is 2.56. The summed E-state index contributed by atoms with van der Waals surface area (Å²) in [5, 5.41) is 3.62. The van der Waals surface area contributed by atoms with E-state index in [9.17, 15) is 0 Å². The molecule has 2 atom stereocenters. The zero-order chi connectivity index (χ0) is 16.0. The molecule has 0 heterocycles. The molecule has 2 nitrogen and oxygen atoms in total. The van der Waals surface area contributed by atoms with Crippen LogP contribution in [0.1, 0.15) is 66.0 Å². The Morgan fingerprint density at radius 3 is 2.10 bits per heavy atom. The summed E-state index contributed by atoms with van der Waals surface area (Å²) in [5.74, 6) is 0. The molecule has 0 aliphatic rings. The average Bonchev–Trinajstić information content (AvgIpc) is 2.46. The average molecular weight is 290 g/mol. The Kier molecular flexibility index (Phi) is 6.73. The normalized spacial score (nSPS) is 14.8. The van der Waals surface area contributed by atoms with Gasteiger partial charge >= 0.3 is 0 Å². The van der Waals surface area contributed by atoms with Crippen LogP contribution in [0, 0.1) is 5.41 Å². The van der Waals surface area contributed by atoms with Crippen molar-refractivity contribution in [3.8, 4) is 0 Å². The standard InChI is InChI=1S/C19H34N2/c1-8-14-20-18(9-2)16-10-12-17(13-11-16)21(7)15(3)19(4,5)6/h10-13,15,18,20H,8-9,14H2,1-7H3. The van der Waals surface area contributed by atoms with Gasteiger partial charge in [-0.25, -0.2) is 0 Å². The molecule has 0 saturated carbocycles. The van der Waals surface area contributed by atoms with Crippen LogP contribution in [0.3, 0.4) is 0 Å². The fraction of sp³-hybridized carbons (Fsp3) is 0.684. The van der Waals surface area contributed by atoms with Crippen molar-refractivity contribution in [3.63, 3.8) is 0 Å². The lowest BCUT2D eigenvalue weighted by Crippen LogP contribution is -2.39. The van der Waals surface area contributed by atoms with E-state index < -0.39 is 0 Å². The van der Waals surface area contributed by atoms with Crippen LogP contribution in [0.25, 0.3) is 0 Å². The van der Waals surface area contributed by atoms with Crippen LogP contribution in [-0.2, 0) is 0 Å². The van der Waals surface area contributed by atoms with Crippen molar-refractivity contribution in [2.75, 3.05) is 18.5 Å². The summed E-state index contributed by atoms with van der Waals surface area (Å²) in [6.07, 6.45) is 2.31. The molecular formula is C19H34N2. The summed E-state index contributed by atoms with van der Waals surface area (Å²) in [5.41, 5.74) is 2.97. The summed E-state index contributed by atoms with van der Waals surface area (Å²) in [7, 11) is 2.19. The Balaban J connectivity index is 2.81. The van der Waals surface area contributed by atoms with Crippen LogP contribution >= 0.6 is 0 Å². The maximum Gasteiger partial charge on any atom is 0.0366 e. The highest BCUT2D eigenvalue weighted by molar-refractivity contribution is 5.48. The SMILES string of the molecule is CCCNC(CC)c1ccc(N(C)C(C)C(C)(C)C)cc1. The molecule has 0 fully saturated rings. The van der Waals surface area contributed by atoms with Gasteiger partial charge in [-0.1, -0.05) is 46.8 Å². The molecule has 1 aromatic rings. The number of hydrogen-bond acceptors (Lipinski definition) is 2. The zero-order valence-corrected chi connectivity index (χ0v) is 15.0. The second-order valence-electron chi connectivity index (χ2n) is 7.16. The van der Waals surface area contributed by atoms with Gasteiger partial charge in [0.2, 0.25) is 0 Å². The van der Waals surface area contributed by atoms with Gasteiger partial charge in [0.05, 0.1) is 0 Å². The van der Waals surface area contributed by atoms with E-state index in [1.165, 1.54) is 17.7 Å². The molecule has 0 spiro atoms. The second kappa shape index (κ2) is 7.84. The predicted octanol–water partition coefficient (Wildman–Crippen LogP) is 5.01. The van der Waals surface area contributed by atoms with Crippen LogP contribution in [0.5, 0.6) is 0 Å². The van der Waals surface area contributed by atoms with E-state index in [0.717, 1.165) is 13.0 Å². The summed E-state index contributed by atoms with van der Waals surface area (Å²) >= 11 is 0. The maximum atomic E-state index is 3.62. The van der Waals surface area contributed by atoms with Crippen LogP contribution in [-0.4, -0.2) is 19.6 Å². The molecule has 2 heteroatoms. The van der Waals surface area contributed by atoms with Crippen LogP contribution in [0.2, 0.25) is 0 Å². The van der Waals surface area contributed by atoms with Gasteiger partial charge in [0.15, 0.2) is 0 Å². The molecule has 0 saturated heterocycles. The van der Waals surface area contributed by atoms with Crippen molar-refractivity contribution < 1.29 is 0 Å². The smallest absolute Gasteiger partial charge is 0.0366 e. The number of nitrogens with one attached hydrogen (secondary N) is 1.